The van der Waals surface area contributed by atoms with Gasteiger partial charge in [0.2, 0.25) is 0 Å². The number of alkyl halides is 1. The van der Waals surface area contributed by atoms with Crippen LogP contribution in [0.2, 0.25) is 0 Å². The Morgan fingerprint density at radius 1 is 1.67 bits per heavy atom. The maximum atomic E-state index is 12.0. The van der Waals surface area contributed by atoms with Gasteiger partial charge >= 0.3 is 0 Å². The molecule has 54 valence electrons. The molecule has 9 heavy (non-hydrogen) atoms. The Labute approximate surface area is 55.6 Å². The smallest absolute Gasteiger partial charge is 0.105 e. The fraction of sp³-hybridized carbons (Fsp3) is 1.00. The van der Waals surface area contributed by atoms with Crippen molar-refractivity contribution in [3.8, 4) is 0 Å². The van der Waals surface area contributed by atoms with Crippen LogP contribution in [0.1, 0.15) is 26.2 Å². The average molecular weight is 131 g/mol. The van der Waals surface area contributed by atoms with Gasteiger partial charge in [-0.15, -0.1) is 0 Å². The van der Waals surface area contributed by atoms with Gasteiger partial charge in [0.1, 0.15) is 6.67 Å². The molecule has 0 aromatic rings. The third kappa shape index (κ3) is 2.31. The fourth-order valence-corrected chi connectivity index (χ4v) is 0.855. The summed E-state index contributed by atoms with van der Waals surface area (Å²) in [7, 11) is 0. The minimum Gasteiger partial charge on any atom is -0.309 e. The van der Waals surface area contributed by atoms with Gasteiger partial charge in [0.05, 0.1) is 0 Å². The van der Waals surface area contributed by atoms with E-state index in [0.717, 1.165) is 6.42 Å². The molecular weight excluding hydrogens is 117 g/mol. The van der Waals surface area contributed by atoms with E-state index in [9.17, 15) is 4.39 Å². The molecule has 0 spiro atoms. The van der Waals surface area contributed by atoms with Gasteiger partial charge in [0, 0.05) is 12.1 Å². The summed E-state index contributed by atoms with van der Waals surface area (Å²) >= 11 is 0. The van der Waals surface area contributed by atoms with Gasteiger partial charge in [-0.25, -0.2) is 4.39 Å². The molecule has 1 rings (SSSR count). The Hall–Kier alpha value is -0.110. The highest BCUT2D eigenvalue weighted by molar-refractivity contribution is 4.84. The van der Waals surface area contributed by atoms with E-state index in [1.807, 2.05) is 6.92 Å². The SMILES string of the molecule is CCC(CF)NC1CC1. The first-order chi connectivity index (χ1) is 4.36. The fourth-order valence-electron chi connectivity index (χ4n) is 0.855. The number of hydrogen-bond acceptors (Lipinski definition) is 1. The number of nitrogens with one attached hydrogen (secondary N) is 1. The van der Waals surface area contributed by atoms with Gasteiger partial charge in [0.15, 0.2) is 0 Å². The highest BCUT2D eigenvalue weighted by atomic mass is 19.1. The van der Waals surface area contributed by atoms with Gasteiger partial charge in [-0.05, 0) is 19.3 Å². The second kappa shape index (κ2) is 3.16. The Balaban J connectivity index is 2.05. The molecule has 1 unspecified atom stereocenters. The van der Waals surface area contributed by atoms with Crippen molar-refractivity contribution in [1.29, 1.82) is 0 Å². The van der Waals surface area contributed by atoms with E-state index >= 15 is 0 Å². The molecule has 0 aromatic heterocycles. The van der Waals surface area contributed by atoms with E-state index in [2.05, 4.69) is 5.32 Å². The van der Waals surface area contributed by atoms with Gasteiger partial charge in [-0.2, -0.15) is 0 Å². The molecule has 1 saturated carbocycles. The third-order valence-corrected chi connectivity index (χ3v) is 1.73. The van der Waals surface area contributed by atoms with Gasteiger partial charge < -0.3 is 5.32 Å². The maximum Gasteiger partial charge on any atom is 0.105 e. The van der Waals surface area contributed by atoms with E-state index in [1.54, 1.807) is 0 Å². The van der Waals surface area contributed by atoms with Crippen molar-refractivity contribution in [1.82, 2.24) is 5.32 Å². The largest absolute Gasteiger partial charge is 0.309 e. The number of halogens is 1. The zero-order chi connectivity index (χ0) is 6.69. The molecule has 1 N–H and O–H groups in total. The normalized spacial score (nSPS) is 22.0. The van der Waals surface area contributed by atoms with Crippen LogP contribution in [0.25, 0.3) is 0 Å². The van der Waals surface area contributed by atoms with Crippen molar-refractivity contribution in [2.45, 2.75) is 38.3 Å². The monoisotopic (exact) mass is 131 g/mol. The highest BCUT2D eigenvalue weighted by Crippen LogP contribution is 2.19. The van der Waals surface area contributed by atoms with Crippen molar-refractivity contribution >= 4 is 0 Å². The van der Waals surface area contributed by atoms with E-state index in [1.165, 1.54) is 12.8 Å². The summed E-state index contributed by atoms with van der Waals surface area (Å²) in [6.45, 7) is 1.80. The molecular formula is C7H14FN. The summed E-state index contributed by atoms with van der Waals surface area (Å²) in [4.78, 5) is 0. The molecule has 1 atom stereocenters. The van der Waals surface area contributed by atoms with Crippen LogP contribution in [0.4, 0.5) is 4.39 Å². The van der Waals surface area contributed by atoms with Crippen LogP contribution in [0.5, 0.6) is 0 Å². The predicted molar refractivity (Wildman–Crippen MR) is 36.2 cm³/mol. The summed E-state index contributed by atoms with van der Waals surface area (Å²) in [5.41, 5.74) is 0. The Morgan fingerprint density at radius 2 is 2.33 bits per heavy atom. The van der Waals surface area contributed by atoms with Crippen molar-refractivity contribution in [2.24, 2.45) is 0 Å². The van der Waals surface area contributed by atoms with Crippen molar-refractivity contribution in [3.63, 3.8) is 0 Å². The molecule has 1 aliphatic rings. The zero-order valence-corrected chi connectivity index (χ0v) is 5.86. The van der Waals surface area contributed by atoms with E-state index in [4.69, 9.17) is 0 Å². The molecule has 0 saturated heterocycles. The van der Waals surface area contributed by atoms with Gasteiger partial charge in [0.25, 0.3) is 0 Å². The lowest BCUT2D eigenvalue weighted by Crippen LogP contribution is -2.31. The van der Waals surface area contributed by atoms with E-state index in [0.29, 0.717) is 6.04 Å². The summed E-state index contributed by atoms with van der Waals surface area (Å²) < 4.78 is 12.0. The Kier molecular flexibility index (Phi) is 2.46. The minimum absolute atomic E-state index is 0.123. The number of hydrogen-bond donors (Lipinski definition) is 1. The lowest BCUT2D eigenvalue weighted by atomic mass is 10.2. The van der Waals surface area contributed by atoms with Crippen LogP contribution in [0.3, 0.4) is 0 Å². The topological polar surface area (TPSA) is 12.0 Å². The highest BCUT2D eigenvalue weighted by Gasteiger charge is 2.23. The van der Waals surface area contributed by atoms with E-state index < -0.39 is 0 Å². The average Bonchev–Trinajstić information content (AvgIpc) is 2.66. The summed E-state index contributed by atoms with van der Waals surface area (Å²) in [5.74, 6) is 0. The van der Waals surface area contributed by atoms with Crippen LogP contribution in [-0.2, 0) is 0 Å². The van der Waals surface area contributed by atoms with Gasteiger partial charge in [-0.3, -0.25) is 0 Å². The first-order valence-electron chi connectivity index (χ1n) is 3.68. The second-order valence-electron chi connectivity index (χ2n) is 2.70. The zero-order valence-electron chi connectivity index (χ0n) is 5.86. The van der Waals surface area contributed by atoms with Crippen molar-refractivity contribution in [3.05, 3.63) is 0 Å². The molecule has 0 bridgehead atoms. The molecule has 2 heteroatoms. The van der Waals surface area contributed by atoms with Crippen LogP contribution < -0.4 is 5.32 Å². The summed E-state index contributed by atoms with van der Waals surface area (Å²) in [6.07, 6.45) is 3.40. The predicted octanol–water partition coefficient (Wildman–Crippen LogP) is 1.49. The standard InChI is InChI=1S/C7H14FN/c1-2-6(5-8)9-7-3-4-7/h6-7,9H,2-5H2,1H3. The second-order valence-corrected chi connectivity index (χ2v) is 2.70. The lowest BCUT2D eigenvalue weighted by Gasteiger charge is -2.10. The minimum atomic E-state index is -0.215. The third-order valence-electron chi connectivity index (χ3n) is 1.73. The molecule has 0 heterocycles. The quantitative estimate of drug-likeness (QED) is 0.609. The summed E-state index contributed by atoms with van der Waals surface area (Å²) in [5, 5.41) is 3.22. The Bertz CT molecular complexity index is 77.0. The molecule has 0 radical (unpaired) electrons. The first-order valence-corrected chi connectivity index (χ1v) is 3.68. The van der Waals surface area contributed by atoms with Crippen molar-refractivity contribution < 1.29 is 4.39 Å². The van der Waals surface area contributed by atoms with Crippen LogP contribution >= 0.6 is 0 Å². The lowest BCUT2D eigenvalue weighted by molar-refractivity contribution is 0.365. The van der Waals surface area contributed by atoms with Crippen LogP contribution in [0.15, 0.2) is 0 Å². The van der Waals surface area contributed by atoms with Crippen LogP contribution in [0, 0.1) is 0 Å². The van der Waals surface area contributed by atoms with Gasteiger partial charge in [-0.1, -0.05) is 6.92 Å². The van der Waals surface area contributed by atoms with E-state index in [-0.39, 0.29) is 12.7 Å². The number of rotatable bonds is 4. The molecule has 1 nitrogen and oxygen atoms in total. The first kappa shape index (κ1) is 7.00. The molecule has 0 aromatic carbocycles. The summed E-state index contributed by atoms with van der Waals surface area (Å²) in [6, 6.07) is 0.767. The maximum absolute atomic E-state index is 12.0. The molecule has 1 fully saturated rings. The molecule has 1 aliphatic carbocycles. The molecule has 0 amide bonds. The van der Waals surface area contributed by atoms with Crippen molar-refractivity contribution in [2.75, 3.05) is 6.67 Å². The Morgan fingerprint density at radius 3 is 2.67 bits per heavy atom. The van der Waals surface area contributed by atoms with Crippen LogP contribution in [-0.4, -0.2) is 18.8 Å². The molecule has 0 aliphatic heterocycles.